The number of allylic oxidation sites excluding steroid dienone is 1. The predicted octanol–water partition coefficient (Wildman–Crippen LogP) is 3.14. The van der Waals surface area contributed by atoms with Crippen LogP contribution in [0.25, 0.3) is 0 Å². The van der Waals surface area contributed by atoms with E-state index in [2.05, 4.69) is 6.58 Å². The number of benzene rings is 1. The van der Waals surface area contributed by atoms with Gasteiger partial charge in [-0.25, -0.2) is 0 Å². The number of carbonyl (C=O) groups is 1. The molecule has 0 aliphatic rings. The van der Waals surface area contributed by atoms with Crippen LogP contribution < -0.4 is 0 Å². The Morgan fingerprint density at radius 1 is 1.35 bits per heavy atom. The summed E-state index contributed by atoms with van der Waals surface area (Å²) in [4.78, 5) is 12.2. The fraction of sp³-hybridized carbons (Fsp3) is 0.400. The maximum Gasteiger partial charge on any atom is 0.147 e. The standard InChI is InChI=1S/C15H20O2/c1-5-15(3,4)14(17)11(2)13(16)12-9-7-6-8-10-12/h5-11,13,16H,1H2,2-4H3/t11-,13+/m0/s1. The van der Waals surface area contributed by atoms with Crippen LogP contribution in [-0.2, 0) is 4.79 Å². The van der Waals surface area contributed by atoms with E-state index >= 15 is 0 Å². The van der Waals surface area contributed by atoms with Gasteiger partial charge in [-0.05, 0) is 19.4 Å². The van der Waals surface area contributed by atoms with E-state index in [-0.39, 0.29) is 5.78 Å². The molecule has 1 rings (SSSR count). The van der Waals surface area contributed by atoms with Crippen LogP contribution in [0.2, 0.25) is 0 Å². The predicted molar refractivity (Wildman–Crippen MR) is 69.6 cm³/mol. The van der Waals surface area contributed by atoms with Gasteiger partial charge in [-0.15, -0.1) is 6.58 Å². The number of aliphatic hydroxyl groups is 1. The van der Waals surface area contributed by atoms with Gasteiger partial charge in [0.2, 0.25) is 0 Å². The minimum Gasteiger partial charge on any atom is -0.388 e. The van der Waals surface area contributed by atoms with Gasteiger partial charge in [-0.3, -0.25) is 4.79 Å². The third-order valence-electron chi connectivity index (χ3n) is 3.17. The molecule has 0 fully saturated rings. The molecule has 0 radical (unpaired) electrons. The van der Waals surface area contributed by atoms with Crippen LogP contribution >= 0.6 is 0 Å². The SMILES string of the molecule is C=CC(C)(C)C(=O)[C@@H](C)[C@@H](O)c1ccccc1. The molecule has 2 nitrogen and oxygen atoms in total. The molecule has 1 N–H and O–H groups in total. The second-order valence-corrected chi connectivity index (χ2v) is 4.93. The van der Waals surface area contributed by atoms with Crippen molar-refractivity contribution in [2.45, 2.75) is 26.9 Å². The monoisotopic (exact) mass is 232 g/mol. The Bertz CT molecular complexity index is 393. The Hall–Kier alpha value is -1.41. The van der Waals surface area contributed by atoms with Gasteiger partial charge >= 0.3 is 0 Å². The largest absolute Gasteiger partial charge is 0.388 e. The molecule has 0 saturated heterocycles. The van der Waals surface area contributed by atoms with Crippen LogP contribution in [0.1, 0.15) is 32.4 Å². The Labute approximate surface area is 103 Å². The van der Waals surface area contributed by atoms with Gasteiger partial charge < -0.3 is 5.11 Å². The lowest BCUT2D eigenvalue weighted by Gasteiger charge is -2.26. The van der Waals surface area contributed by atoms with Crippen LogP contribution in [0, 0.1) is 11.3 Å². The second-order valence-electron chi connectivity index (χ2n) is 4.93. The minimum absolute atomic E-state index is 0.00357. The van der Waals surface area contributed by atoms with Gasteiger partial charge in [0.25, 0.3) is 0 Å². The van der Waals surface area contributed by atoms with Crippen molar-refractivity contribution < 1.29 is 9.90 Å². The Balaban J connectivity index is 2.88. The molecule has 0 aliphatic carbocycles. The molecule has 0 spiro atoms. The molecule has 0 unspecified atom stereocenters. The van der Waals surface area contributed by atoms with Crippen molar-refractivity contribution in [3.8, 4) is 0 Å². The molecule has 2 heteroatoms. The number of Topliss-reactive ketones (excluding diaryl/α,β-unsaturated/α-hetero) is 1. The average Bonchev–Trinajstić information content (AvgIpc) is 2.37. The number of hydrogen-bond donors (Lipinski definition) is 1. The van der Waals surface area contributed by atoms with Gasteiger partial charge in [0, 0.05) is 11.3 Å². The van der Waals surface area contributed by atoms with Gasteiger partial charge in [-0.1, -0.05) is 43.3 Å². The molecule has 0 aliphatic heterocycles. The summed E-state index contributed by atoms with van der Waals surface area (Å²) in [6, 6.07) is 9.25. The molecule has 0 aromatic heterocycles. The van der Waals surface area contributed by atoms with Crippen molar-refractivity contribution >= 4 is 5.78 Å². The van der Waals surface area contributed by atoms with Crippen LogP contribution in [0.15, 0.2) is 43.0 Å². The van der Waals surface area contributed by atoms with Crippen molar-refractivity contribution in [2.75, 3.05) is 0 Å². The van der Waals surface area contributed by atoms with Crippen LogP contribution in [-0.4, -0.2) is 10.9 Å². The first-order valence-corrected chi connectivity index (χ1v) is 5.81. The molecular formula is C15H20O2. The first-order chi connectivity index (χ1) is 7.90. The summed E-state index contributed by atoms with van der Waals surface area (Å²) >= 11 is 0. The molecular weight excluding hydrogens is 212 g/mol. The Morgan fingerprint density at radius 3 is 2.35 bits per heavy atom. The molecule has 0 amide bonds. The van der Waals surface area contributed by atoms with Crippen molar-refractivity contribution in [1.29, 1.82) is 0 Å². The molecule has 0 heterocycles. The summed E-state index contributed by atoms with van der Waals surface area (Å²) in [6.07, 6.45) is 0.867. The zero-order valence-corrected chi connectivity index (χ0v) is 10.7. The summed E-state index contributed by atoms with van der Waals surface area (Å²) in [5, 5.41) is 10.2. The van der Waals surface area contributed by atoms with Crippen LogP contribution in [0.4, 0.5) is 0 Å². The van der Waals surface area contributed by atoms with E-state index in [1.54, 1.807) is 13.0 Å². The maximum absolute atomic E-state index is 12.2. The summed E-state index contributed by atoms with van der Waals surface area (Å²) < 4.78 is 0. The number of carbonyl (C=O) groups excluding carboxylic acids is 1. The zero-order valence-electron chi connectivity index (χ0n) is 10.7. The van der Waals surface area contributed by atoms with Gasteiger partial charge in [0.05, 0.1) is 6.10 Å². The highest BCUT2D eigenvalue weighted by atomic mass is 16.3. The smallest absolute Gasteiger partial charge is 0.147 e. The molecule has 0 saturated carbocycles. The molecule has 17 heavy (non-hydrogen) atoms. The van der Waals surface area contributed by atoms with E-state index in [1.165, 1.54) is 0 Å². The topological polar surface area (TPSA) is 37.3 Å². The fourth-order valence-corrected chi connectivity index (χ4v) is 1.77. The highest BCUT2D eigenvalue weighted by molar-refractivity contribution is 5.88. The third-order valence-corrected chi connectivity index (χ3v) is 3.17. The minimum atomic E-state index is -0.761. The lowest BCUT2D eigenvalue weighted by molar-refractivity contribution is -0.132. The van der Waals surface area contributed by atoms with Crippen molar-refractivity contribution in [1.82, 2.24) is 0 Å². The number of ketones is 1. The summed E-state index contributed by atoms with van der Waals surface area (Å²) in [5.74, 6) is -0.436. The van der Waals surface area contributed by atoms with E-state index in [9.17, 15) is 9.90 Å². The van der Waals surface area contributed by atoms with Crippen molar-refractivity contribution in [2.24, 2.45) is 11.3 Å². The van der Waals surface area contributed by atoms with E-state index in [0.717, 1.165) is 5.56 Å². The van der Waals surface area contributed by atoms with Gasteiger partial charge in [0.1, 0.15) is 5.78 Å². The lowest BCUT2D eigenvalue weighted by atomic mass is 9.79. The Kier molecular flexibility index (Phi) is 4.24. The van der Waals surface area contributed by atoms with E-state index in [4.69, 9.17) is 0 Å². The molecule has 1 aromatic rings. The Morgan fingerprint density at radius 2 is 1.88 bits per heavy atom. The normalized spacial score (nSPS) is 15.1. The maximum atomic E-state index is 12.2. The second kappa shape index (κ2) is 5.28. The fourth-order valence-electron chi connectivity index (χ4n) is 1.77. The molecule has 1 aromatic carbocycles. The summed E-state index contributed by atoms with van der Waals surface area (Å²) in [7, 11) is 0. The van der Waals surface area contributed by atoms with Crippen molar-refractivity contribution in [3.63, 3.8) is 0 Å². The highest BCUT2D eigenvalue weighted by Crippen LogP contribution is 2.30. The average molecular weight is 232 g/mol. The summed E-state index contributed by atoms with van der Waals surface area (Å²) in [5.41, 5.74) is 0.169. The summed E-state index contributed by atoms with van der Waals surface area (Å²) in [6.45, 7) is 9.05. The first kappa shape index (κ1) is 13.7. The van der Waals surface area contributed by atoms with E-state index in [1.807, 2.05) is 44.2 Å². The van der Waals surface area contributed by atoms with Gasteiger partial charge in [-0.2, -0.15) is 0 Å². The highest BCUT2D eigenvalue weighted by Gasteiger charge is 2.32. The number of aliphatic hydroxyl groups excluding tert-OH is 1. The molecule has 2 atom stereocenters. The van der Waals surface area contributed by atoms with E-state index in [0.29, 0.717) is 0 Å². The van der Waals surface area contributed by atoms with Crippen LogP contribution in [0.3, 0.4) is 0 Å². The lowest BCUT2D eigenvalue weighted by Crippen LogP contribution is -2.31. The van der Waals surface area contributed by atoms with Crippen molar-refractivity contribution in [3.05, 3.63) is 48.6 Å². The van der Waals surface area contributed by atoms with Crippen LogP contribution in [0.5, 0.6) is 0 Å². The number of rotatable bonds is 5. The number of hydrogen-bond acceptors (Lipinski definition) is 2. The van der Waals surface area contributed by atoms with E-state index < -0.39 is 17.4 Å². The zero-order chi connectivity index (χ0) is 13.1. The third kappa shape index (κ3) is 3.04. The molecule has 0 bridgehead atoms. The molecule has 92 valence electrons. The quantitative estimate of drug-likeness (QED) is 0.792. The first-order valence-electron chi connectivity index (χ1n) is 5.81. The van der Waals surface area contributed by atoms with Gasteiger partial charge in [0.15, 0.2) is 0 Å².